The monoisotopic (exact) mass is 546 g/mol. The molecule has 4 aliphatic carbocycles. The van der Waals surface area contributed by atoms with Gasteiger partial charge >= 0.3 is 0 Å². The van der Waals surface area contributed by atoms with Crippen molar-refractivity contribution in [2.75, 3.05) is 36.4 Å². The molecule has 2 aromatic carbocycles. The summed E-state index contributed by atoms with van der Waals surface area (Å²) in [5.41, 5.74) is 2.63. The molecule has 5 fully saturated rings. The lowest BCUT2D eigenvalue weighted by Gasteiger charge is -2.59. The molecule has 0 radical (unpaired) electrons. The molecule has 2 aromatic rings. The van der Waals surface area contributed by atoms with E-state index in [0.717, 1.165) is 29.2 Å². The van der Waals surface area contributed by atoms with Crippen LogP contribution in [-0.4, -0.2) is 54.1 Å². The Hall–Kier alpha value is -3.29. The highest BCUT2D eigenvalue weighted by Crippen LogP contribution is 2.61. The molecule has 1 aliphatic heterocycles. The molecule has 4 bridgehead atoms. The van der Waals surface area contributed by atoms with E-state index in [-0.39, 0.29) is 34.1 Å². The molecule has 1 saturated heterocycles. The summed E-state index contributed by atoms with van der Waals surface area (Å²) in [6.07, 6.45) is 8.00. The molecule has 4 saturated carbocycles. The zero-order valence-electron chi connectivity index (χ0n) is 24.0. The fourth-order valence-electron chi connectivity index (χ4n) is 8.39. The highest BCUT2D eigenvalue weighted by atomic mass is 16.6. The first-order valence-electron chi connectivity index (χ1n) is 15.0. The molecule has 5 aliphatic rings. The number of ether oxygens (including phenoxy) is 1. The minimum Gasteiger partial charge on any atom is -0.491 e. The third kappa shape index (κ3) is 5.25. The lowest BCUT2D eigenvalue weighted by Crippen LogP contribution is -2.53. The molecule has 0 unspecified atom stereocenters. The fourth-order valence-corrected chi connectivity index (χ4v) is 8.39. The van der Waals surface area contributed by atoms with Crippen LogP contribution >= 0.6 is 0 Å². The lowest BCUT2D eigenvalue weighted by molar-refractivity contribution is -0.384. The van der Waals surface area contributed by atoms with E-state index >= 15 is 0 Å². The van der Waals surface area contributed by atoms with Crippen LogP contribution in [0.5, 0.6) is 5.75 Å². The van der Waals surface area contributed by atoms with E-state index in [1.807, 2.05) is 55.1 Å². The Balaban J connectivity index is 1.12. The number of anilines is 2. The van der Waals surface area contributed by atoms with Crippen molar-refractivity contribution in [3.63, 3.8) is 0 Å². The first kappa shape index (κ1) is 26.9. The smallest absolute Gasteiger partial charge is 0.292 e. The summed E-state index contributed by atoms with van der Waals surface area (Å²) < 4.78 is 5.70. The number of carbonyl (C=O) groups excluding carboxylic acids is 1. The van der Waals surface area contributed by atoms with E-state index in [0.29, 0.717) is 37.4 Å². The molecule has 40 heavy (non-hydrogen) atoms. The van der Waals surface area contributed by atoms with E-state index in [1.54, 1.807) is 6.07 Å². The number of nitro benzene ring substituents is 1. The maximum Gasteiger partial charge on any atom is 0.292 e. The Kier molecular flexibility index (Phi) is 7.13. The van der Waals surface area contributed by atoms with Crippen LogP contribution in [-0.2, 0) is 0 Å². The minimum absolute atomic E-state index is 0.0196. The molecule has 214 valence electrons. The van der Waals surface area contributed by atoms with Gasteiger partial charge in [-0.05, 0) is 119 Å². The van der Waals surface area contributed by atoms with Gasteiger partial charge in [-0.3, -0.25) is 14.9 Å². The third-order valence-electron chi connectivity index (χ3n) is 9.96. The Bertz CT molecular complexity index is 1220. The maximum atomic E-state index is 13.1. The number of piperazine rings is 1. The number of hydrogen-bond acceptors (Lipinski definition) is 6. The van der Waals surface area contributed by atoms with Crippen LogP contribution in [0.4, 0.5) is 17.1 Å². The van der Waals surface area contributed by atoms with Crippen molar-refractivity contribution < 1.29 is 14.5 Å². The molecule has 1 amide bonds. The molecule has 1 N–H and O–H groups in total. The quantitative estimate of drug-likeness (QED) is 0.306. The van der Waals surface area contributed by atoms with Gasteiger partial charge in [0.15, 0.2) is 0 Å². The molecule has 1 heterocycles. The van der Waals surface area contributed by atoms with E-state index in [1.165, 1.54) is 38.5 Å². The Labute approximate surface area is 237 Å². The SMILES string of the molecule is CC(C)Oc1ccc(C(=O)N2CCN(c3ccc([N+](=O)[O-])c(N[C@@H](C)C45CC6CC(CC(C6)C4)C5)c3)CC2)cc1. The van der Waals surface area contributed by atoms with Gasteiger partial charge in [-0.2, -0.15) is 0 Å². The van der Waals surface area contributed by atoms with Crippen molar-refractivity contribution in [3.05, 3.63) is 58.1 Å². The van der Waals surface area contributed by atoms with E-state index in [9.17, 15) is 14.9 Å². The van der Waals surface area contributed by atoms with Gasteiger partial charge in [0.25, 0.3) is 11.6 Å². The number of rotatable bonds is 8. The first-order valence-corrected chi connectivity index (χ1v) is 15.0. The molecule has 1 atom stereocenters. The molecule has 7 rings (SSSR count). The summed E-state index contributed by atoms with van der Waals surface area (Å²) in [7, 11) is 0. The lowest BCUT2D eigenvalue weighted by atomic mass is 9.48. The number of carbonyl (C=O) groups is 1. The Morgan fingerprint density at radius 3 is 2.10 bits per heavy atom. The van der Waals surface area contributed by atoms with Crippen molar-refractivity contribution in [2.45, 2.75) is 71.4 Å². The summed E-state index contributed by atoms with van der Waals surface area (Å²) >= 11 is 0. The van der Waals surface area contributed by atoms with E-state index in [4.69, 9.17) is 4.74 Å². The van der Waals surface area contributed by atoms with Crippen LogP contribution in [0.25, 0.3) is 0 Å². The molecule has 0 spiro atoms. The summed E-state index contributed by atoms with van der Waals surface area (Å²) in [4.78, 5) is 28.9. The zero-order valence-corrected chi connectivity index (χ0v) is 24.0. The number of nitrogens with zero attached hydrogens (tertiary/aromatic N) is 3. The van der Waals surface area contributed by atoms with Crippen LogP contribution in [0.3, 0.4) is 0 Å². The molecular weight excluding hydrogens is 504 g/mol. The second-order valence-electron chi connectivity index (χ2n) is 13.1. The largest absolute Gasteiger partial charge is 0.491 e. The van der Waals surface area contributed by atoms with Gasteiger partial charge in [0.2, 0.25) is 0 Å². The molecular formula is C32H42N4O4. The van der Waals surface area contributed by atoms with Gasteiger partial charge in [0, 0.05) is 49.5 Å². The van der Waals surface area contributed by atoms with Crippen molar-refractivity contribution >= 4 is 23.0 Å². The van der Waals surface area contributed by atoms with Crippen molar-refractivity contribution in [3.8, 4) is 5.75 Å². The van der Waals surface area contributed by atoms with Crippen molar-refractivity contribution in [1.82, 2.24) is 4.90 Å². The number of nitrogens with one attached hydrogen (secondary N) is 1. The Morgan fingerprint density at radius 1 is 0.950 bits per heavy atom. The predicted octanol–water partition coefficient (Wildman–Crippen LogP) is 6.36. The molecule has 8 heteroatoms. The van der Waals surface area contributed by atoms with Gasteiger partial charge in [-0.15, -0.1) is 0 Å². The van der Waals surface area contributed by atoms with Crippen LogP contribution in [0.15, 0.2) is 42.5 Å². The predicted molar refractivity (Wildman–Crippen MR) is 157 cm³/mol. The van der Waals surface area contributed by atoms with Crippen molar-refractivity contribution in [2.24, 2.45) is 23.2 Å². The highest BCUT2D eigenvalue weighted by molar-refractivity contribution is 5.94. The average Bonchev–Trinajstić information content (AvgIpc) is 2.92. The minimum atomic E-state index is -0.271. The number of amides is 1. The van der Waals surface area contributed by atoms with Crippen molar-refractivity contribution in [1.29, 1.82) is 0 Å². The molecule has 0 aromatic heterocycles. The normalized spacial score (nSPS) is 28.1. The third-order valence-corrected chi connectivity index (χ3v) is 9.96. The van der Waals surface area contributed by atoms with Gasteiger partial charge in [-0.25, -0.2) is 0 Å². The van der Waals surface area contributed by atoms with Crippen LogP contribution in [0.1, 0.15) is 69.7 Å². The standard InChI is InChI=1S/C32H42N4O4/c1-21(2)40-28-7-4-26(5-8-28)31(37)35-12-10-34(11-13-35)27-6-9-30(36(38)39)29(17-27)33-22(3)32-18-23-14-24(19-32)16-25(15-23)20-32/h4-9,17,21-25,33H,10-16,18-20H2,1-3H3/t22-,23?,24?,25?,32?/m0/s1. The average molecular weight is 547 g/mol. The first-order chi connectivity index (χ1) is 19.2. The van der Waals surface area contributed by atoms with Crippen LogP contribution in [0.2, 0.25) is 0 Å². The fraction of sp³-hybridized carbons (Fsp3) is 0.594. The number of hydrogen-bond donors (Lipinski definition) is 1. The summed E-state index contributed by atoms with van der Waals surface area (Å²) in [6, 6.07) is 13.0. The summed E-state index contributed by atoms with van der Waals surface area (Å²) in [5, 5.41) is 15.6. The van der Waals surface area contributed by atoms with Gasteiger partial charge in [0.1, 0.15) is 11.4 Å². The summed E-state index contributed by atoms with van der Waals surface area (Å²) in [5.74, 6) is 3.29. The second-order valence-corrected chi connectivity index (χ2v) is 13.1. The van der Waals surface area contributed by atoms with Crippen LogP contribution in [0, 0.1) is 33.3 Å². The summed E-state index contributed by atoms with van der Waals surface area (Å²) in [6.45, 7) is 8.78. The Morgan fingerprint density at radius 2 is 1.55 bits per heavy atom. The van der Waals surface area contributed by atoms with E-state index < -0.39 is 0 Å². The number of nitro groups is 1. The van der Waals surface area contributed by atoms with Crippen LogP contribution < -0.4 is 15.0 Å². The highest BCUT2D eigenvalue weighted by Gasteiger charge is 2.53. The maximum absolute atomic E-state index is 13.1. The van der Waals surface area contributed by atoms with Gasteiger partial charge < -0.3 is 19.9 Å². The zero-order chi connectivity index (χ0) is 28.0. The van der Waals surface area contributed by atoms with Gasteiger partial charge in [-0.1, -0.05) is 0 Å². The van der Waals surface area contributed by atoms with E-state index in [2.05, 4.69) is 17.1 Å². The second kappa shape index (κ2) is 10.6. The molecule has 8 nitrogen and oxygen atoms in total. The topological polar surface area (TPSA) is 88.0 Å². The number of benzene rings is 2. The van der Waals surface area contributed by atoms with Gasteiger partial charge in [0.05, 0.1) is 11.0 Å².